The predicted molar refractivity (Wildman–Crippen MR) is 56.3 cm³/mol. The van der Waals surface area contributed by atoms with Crippen molar-refractivity contribution < 1.29 is 4.79 Å². The lowest BCUT2D eigenvalue weighted by Gasteiger charge is -2.22. The minimum absolute atomic E-state index is 0.107. The van der Waals surface area contributed by atoms with Crippen molar-refractivity contribution in [1.29, 1.82) is 0 Å². The Bertz CT molecular complexity index is 216. The minimum atomic E-state index is 0.107. The molecule has 2 heterocycles. The molecule has 0 bridgehead atoms. The highest BCUT2D eigenvalue weighted by Gasteiger charge is 2.41. The highest BCUT2D eigenvalue weighted by molar-refractivity contribution is 7.99. The molecule has 1 amide bonds. The van der Waals surface area contributed by atoms with Crippen LogP contribution in [0.4, 0.5) is 0 Å². The van der Waals surface area contributed by atoms with E-state index in [1.807, 2.05) is 16.7 Å². The second kappa shape index (κ2) is 3.70. The topological polar surface area (TPSA) is 20.3 Å². The number of carbonyl (C=O) groups is 1. The molecule has 1 spiro atoms. The van der Waals surface area contributed by atoms with Gasteiger partial charge < -0.3 is 4.90 Å². The standard InChI is InChI=1S/C9H14ClNOS/c10-5-8(12)11-3-1-9(6-11)2-4-13-7-9/h1-7H2/t9-/m1/s1. The number of rotatable bonds is 1. The highest BCUT2D eigenvalue weighted by atomic mass is 35.5. The smallest absolute Gasteiger partial charge is 0.237 e. The normalized spacial score (nSPS) is 33.2. The van der Waals surface area contributed by atoms with Crippen LogP contribution in [0.3, 0.4) is 0 Å². The summed E-state index contributed by atoms with van der Waals surface area (Å²) in [6.07, 6.45) is 2.46. The Morgan fingerprint density at radius 2 is 2.38 bits per heavy atom. The molecule has 74 valence electrons. The van der Waals surface area contributed by atoms with Crippen LogP contribution in [-0.4, -0.2) is 41.3 Å². The third-order valence-corrected chi connectivity index (χ3v) is 4.63. The summed E-state index contributed by atoms with van der Waals surface area (Å²) >= 11 is 7.55. The second-order valence-corrected chi connectivity index (χ2v) is 5.37. The van der Waals surface area contributed by atoms with Gasteiger partial charge in [0.15, 0.2) is 0 Å². The average Bonchev–Trinajstić information content (AvgIpc) is 2.76. The first-order valence-corrected chi connectivity index (χ1v) is 6.36. The molecule has 0 unspecified atom stereocenters. The zero-order valence-electron chi connectivity index (χ0n) is 7.59. The second-order valence-electron chi connectivity index (χ2n) is 4.00. The first-order chi connectivity index (χ1) is 6.26. The summed E-state index contributed by atoms with van der Waals surface area (Å²) in [5, 5.41) is 0. The maximum absolute atomic E-state index is 11.3. The summed E-state index contributed by atoms with van der Waals surface area (Å²) in [7, 11) is 0. The number of likely N-dealkylation sites (tertiary alicyclic amines) is 1. The Kier molecular flexibility index (Phi) is 2.75. The van der Waals surface area contributed by atoms with Crippen LogP contribution in [0.25, 0.3) is 0 Å². The molecule has 2 saturated heterocycles. The first-order valence-electron chi connectivity index (χ1n) is 4.67. The Morgan fingerprint density at radius 1 is 1.54 bits per heavy atom. The molecule has 2 aliphatic heterocycles. The molecular weight excluding hydrogens is 206 g/mol. The molecule has 2 fully saturated rings. The molecule has 0 aromatic carbocycles. The SMILES string of the molecule is O=C(CCl)N1CC[C@@]2(CCSC2)C1. The monoisotopic (exact) mass is 219 g/mol. The summed E-state index contributed by atoms with van der Waals surface area (Å²) in [6.45, 7) is 1.87. The largest absolute Gasteiger partial charge is 0.341 e. The molecular formula is C9H14ClNOS. The molecule has 2 rings (SSSR count). The molecule has 2 nitrogen and oxygen atoms in total. The number of hydrogen-bond donors (Lipinski definition) is 0. The molecule has 0 N–H and O–H groups in total. The van der Waals surface area contributed by atoms with Crippen LogP contribution >= 0.6 is 23.4 Å². The van der Waals surface area contributed by atoms with Gasteiger partial charge in [0.25, 0.3) is 0 Å². The van der Waals surface area contributed by atoms with Crippen molar-refractivity contribution in [2.24, 2.45) is 5.41 Å². The fraction of sp³-hybridized carbons (Fsp3) is 0.889. The van der Waals surface area contributed by atoms with Crippen molar-refractivity contribution in [3.8, 4) is 0 Å². The number of nitrogens with zero attached hydrogens (tertiary/aromatic N) is 1. The van der Waals surface area contributed by atoms with Gasteiger partial charge in [0.1, 0.15) is 5.88 Å². The van der Waals surface area contributed by atoms with Gasteiger partial charge in [-0.15, -0.1) is 11.6 Å². The van der Waals surface area contributed by atoms with E-state index in [0.29, 0.717) is 5.41 Å². The maximum atomic E-state index is 11.3. The number of amides is 1. The zero-order chi connectivity index (χ0) is 9.31. The molecule has 0 aromatic heterocycles. The summed E-state index contributed by atoms with van der Waals surface area (Å²) in [5.41, 5.74) is 0.451. The van der Waals surface area contributed by atoms with Crippen LogP contribution in [-0.2, 0) is 4.79 Å². The van der Waals surface area contributed by atoms with Crippen molar-refractivity contribution in [3.05, 3.63) is 0 Å². The van der Waals surface area contributed by atoms with Gasteiger partial charge in [0.05, 0.1) is 0 Å². The summed E-state index contributed by atoms with van der Waals surface area (Å²) < 4.78 is 0. The van der Waals surface area contributed by atoms with Gasteiger partial charge in [-0.05, 0) is 24.0 Å². The molecule has 0 radical (unpaired) electrons. The Balaban J connectivity index is 1.96. The molecule has 0 aliphatic carbocycles. The van der Waals surface area contributed by atoms with Crippen LogP contribution in [0.1, 0.15) is 12.8 Å². The lowest BCUT2D eigenvalue weighted by Crippen LogP contribution is -2.32. The van der Waals surface area contributed by atoms with Gasteiger partial charge in [-0.2, -0.15) is 11.8 Å². The first kappa shape index (κ1) is 9.66. The van der Waals surface area contributed by atoms with Crippen LogP contribution in [0, 0.1) is 5.41 Å². The van der Waals surface area contributed by atoms with Crippen molar-refractivity contribution in [2.45, 2.75) is 12.8 Å². The molecule has 13 heavy (non-hydrogen) atoms. The average molecular weight is 220 g/mol. The lowest BCUT2D eigenvalue weighted by molar-refractivity contribution is -0.127. The number of halogens is 1. The van der Waals surface area contributed by atoms with Crippen LogP contribution in [0.2, 0.25) is 0 Å². The lowest BCUT2D eigenvalue weighted by atomic mass is 9.87. The maximum Gasteiger partial charge on any atom is 0.237 e. The molecule has 1 atom stereocenters. The van der Waals surface area contributed by atoms with Crippen molar-refractivity contribution >= 4 is 29.3 Å². The van der Waals surface area contributed by atoms with Gasteiger partial charge in [-0.3, -0.25) is 4.79 Å². The summed E-state index contributed by atoms with van der Waals surface area (Å²) in [6, 6.07) is 0. The molecule has 4 heteroatoms. The molecule has 0 saturated carbocycles. The van der Waals surface area contributed by atoms with E-state index < -0.39 is 0 Å². The Hall–Kier alpha value is 0.110. The number of alkyl halides is 1. The van der Waals surface area contributed by atoms with Crippen molar-refractivity contribution in [3.63, 3.8) is 0 Å². The van der Waals surface area contributed by atoms with Gasteiger partial charge >= 0.3 is 0 Å². The Labute approximate surface area is 88.0 Å². The summed E-state index contributed by atoms with van der Waals surface area (Å²) in [5.74, 6) is 2.75. The van der Waals surface area contributed by atoms with Crippen molar-refractivity contribution in [2.75, 3.05) is 30.5 Å². The van der Waals surface area contributed by atoms with Gasteiger partial charge in [-0.1, -0.05) is 0 Å². The van der Waals surface area contributed by atoms with Crippen LogP contribution in [0.15, 0.2) is 0 Å². The van der Waals surface area contributed by atoms with Crippen molar-refractivity contribution in [1.82, 2.24) is 4.90 Å². The van der Waals surface area contributed by atoms with E-state index >= 15 is 0 Å². The highest BCUT2D eigenvalue weighted by Crippen LogP contribution is 2.43. The fourth-order valence-electron chi connectivity index (χ4n) is 2.20. The van der Waals surface area contributed by atoms with E-state index in [9.17, 15) is 4.79 Å². The summed E-state index contributed by atoms with van der Waals surface area (Å²) in [4.78, 5) is 13.3. The van der Waals surface area contributed by atoms with E-state index in [4.69, 9.17) is 11.6 Å². The van der Waals surface area contributed by atoms with E-state index in [1.165, 1.54) is 24.3 Å². The van der Waals surface area contributed by atoms with Gasteiger partial charge in [-0.25, -0.2) is 0 Å². The Morgan fingerprint density at radius 3 is 3.00 bits per heavy atom. The van der Waals surface area contributed by atoms with E-state index in [1.54, 1.807) is 0 Å². The zero-order valence-corrected chi connectivity index (χ0v) is 9.16. The van der Waals surface area contributed by atoms with E-state index in [-0.39, 0.29) is 11.8 Å². The number of thioether (sulfide) groups is 1. The fourth-order valence-corrected chi connectivity index (χ4v) is 3.91. The van der Waals surface area contributed by atoms with E-state index in [2.05, 4.69) is 0 Å². The third-order valence-electron chi connectivity index (χ3n) is 3.09. The van der Waals surface area contributed by atoms with Gasteiger partial charge in [0.2, 0.25) is 5.91 Å². The van der Waals surface area contributed by atoms with E-state index in [0.717, 1.165) is 13.1 Å². The predicted octanol–water partition coefficient (Wildman–Crippen LogP) is 1.58. The molecule has 2 aliphatic rings. The van der Waals surface area contributed by atoms with Gasteiger partial charge in [0, 0.05) is 18.8 Å². The minimum Gasteiger partial charge on any atom is -0.341 e. The number of carbonyl (C=O) groups excluding carboxylic acids is 1. The van der Waals surface area contributed by atoms with Crippen LogP contribution in [0.5, 0.6) is 0 Å². The number of hydrogen-bond acceptors (Lipinski definition) is 2. The quantitative estimate of drug-likeness (QED) is 0.625. The molecule has 0 aromatic rings. The van der Waals surface area contributed by atoms with Crippen LogP contribution < -0.4 is 0 Å². The third kappa shape index (κ3) is 1.82.